The van der Waals surface area contributed by atoms with Crippen molar-refractivity contribution in [2.45, 2.75) is 6.54 Å². The molecule has 1 N–H and O–H groups in total. The van der Waals surface area contributed by atoms with Crippen molar-refractivity contribution in [2.75, 3.05) is 11.9 Å². The molecule has 0 aliphatic rings. The van der Waals surface area contributed by atoms with Crippen molar-refractivity contribution >= 4 is 23.1 Å². The van der Waals surface area contributed by atoms with Gasteiger partial charge in [0.15, 0.2) is 5.58 Å². The third-order valence-corrected chi connectivity index (χ3v) is 3.21. The van der Waals surface area contributed by atoms with E-state index >= 15 is 0 Å². The highest BCUT2D eigenvalue weighted by Crippen LogP contribution is 2.23. The molecule has 5 heteroatoms. The highest BCUT2D eigenvalue weighted by Gasteiger charge is 2.12. The predicted octanol–water partition coefficient (Wildman–Crippen LogP) is 3.16. The van der Waals surface area contributed by atoms with Crippen LogP contribution in [0.1, 0.15) is 15.9 Å². The molecule has 0 bridgehead atoms. The Bertz CT molecular complexity index is 781. The lowest BCUT2D eigenvalue weighted by Crippen LogP contribution is -2.16. The standard InChI is InChI=1S/C16H14N2O3/c1-18(10-11-5-3-2-4-6-11)16-17-13-8-7-12(15(19)20)9-14(13)21-16/h2-9H,10H2,1H3,(H,19,20). The maximum atomic E-state index is 11.0. The zero-order valence-electron chi connectivity index (χ0n) is 11.5. The number of fused-ring (bicyclic) bond motifs is 1. The topological polar surface area (TPSA) is 66.6 Å². The van der Waals surface area contributed by atoms with Gasteiger partial charge < -0.3 is 14.4 Å². The third kappa shape index (κ3) is 2.72. The van der Waals surface area contributed by atoms with Crippen LogP contribution in [0.25, 0.3) is 11.1 Å². The fourth-order valence-electron chi connectivity index (χ4n) is 2.13. The Kier molecular flexibility index (Phi) is 3.31. The molecule has 21 heavy (non-hydrogen) atoms. The summed E-state index contributed by atoms with van der Waals surface area (Å²) in [7, 11) is 1.88. The lowest BCUT2D eigenvalue weighted by molar-refractivity contribution is 0.0697. The molecule has 5 nitrogen and oxygen atoms in total. The number of carboxylic acids is 1. The van der Waals surface area contributed by atoms with E-state index in [-0.39, 0.29) is 5.56 Å². The van der Waals surface area contributed by atoms with Crippen molar-refractivity contribution in [3.05, 3.63) is 59.7 Å². The van der Waals surface area contributed by atoms with E-state index in [9.17, 15) is 4.79 Å². The molecule has 0 unspecified atom stereocenters. The fourth-order valence-corrected chi connectivity index (χ4v) is 2.13. The van der Waals surface area contributed by atoms with Crippen LogP contribution < -0.4 is 4.90 Å². The van der Waals surface area contributed by atoms with Crippen LogP contribution in [0, 0.1) is 0 Å². The van der Waals surface area contributed by atoms with Gasteiger partial charge in [-0.05, 0) is 23.8 Å². The van der Waals surface area contributed by atoms with Gasteiger partial charge in [-0.15, -0.1) is 0 Å². The van der Waals surface area contributed by atoms with E-state index in [4.69, 9.17) is 9.52 Å². The Labute approximate surface area is 121 Å². The fraction of sp³-hybridized carbons (Fsp3) is 0.125. The van der Waals surface area contributed by atoms with E-state index in [1.54, 1.807) is 6.07 Å². The average Bonchev–Trinajstić information content (AvgIpc) is 2.91. The first-order valence-electron chi connectivity index (χ1n) is 6.52. The quantitative estimate of drug-likeness (QED) is 0.796. The minimum Gasteiger partial charge on any atom is -0.478 e. The number of oxazole rings is 1. The molecule has 0 aliphatic carbocycles. The van der Waals surface area contributed by atoms with Crippen molar-refractivity contribution < 1.29 is 14.3 Å². The van der Waals surface area contributed by atoms with Gasteiger partial charge in [0.25, 0.3) is 6.01 Å². The van der Waals surface area contributed by atoms with Gasteiger partial charge in [0.05, 0.1) is 5.56 Å². The number of nitrogens with zero attached hydrogens (tertiary/aromatic N) is 2. The molecule has 0 saturated heterocycles. The van der Waals surface area contributed by atoms with Gasteiger partial charge in [-0.3, -0.25) is 0 Å². The molecule has 106 valence electrons. The molecule has 0 fully saturated rings. The number of hydrogen-bond donors (Lipinski definition) is 1. The second-order valence-electron chi connectivity index (χ2n) is 4.83. The molecular weight excluding hydrogens is 268 g/mol. The second kappa shape index (κ2) is 5.28. The molecular formula is C16H14N2O3. The lowest BCUT2D eigenvalue weighted by atomic mass is 10.2. The van der Waals surface area contributed by atoms with Gasteiger partial charge >= 0.3 is 5.97 Å². The summed E-state index contributed by atoms with van der Waals surface area (Å²) in [6.45, 7) is 0.666. The van der Waals surface area contributed by atoms with Crippen molar-refractivity contribution in [2.24, 2.45) is 0 Å². The number of hydrogen-bond acceptors (Lipinski definition) is 4. The Balaban J connectivity index is 1.88. The maximum Gasteiger partial charge on any atom is 0.335 e. The van der Waals surface area contributed by atoms with Gasteiger partial charge in [0, 0.05) is 13.6 Å². The van der Waals surface area contributed by atoms with E-state index in [1.807, 2.05) is 42.3 Å². The van der Waals surface area contributed by atoms with Crippen LogP contribution in [0.2, 0.25) is 0 Å². The number of anilines is 1. The molecule has 0 spiro atoms. The third-order valence-electron chi connectivity index (χ3n) is 3.21. The van der Waals surface area contributed by atoms with Crippen LogP contribution in [0.3, 0.4) is 0 Å². The normalized spacial score (nSPS) is 10.7. The van der Waals surface area contributed by atoms with Crippen LogP contribution in [0.5, 0.6) is 0 Å². The van der Waals surface area contributed by atoms with Crippen LogP contribution in [0.4, 0.5) is 6.01 Å². The Hall–Kier alpha value is -2.82. The molecule has 2 aromatic carbocycles. The first-order valence-corrected chi connectivity index (χ1v) is 6.52. The summed E-state index contributed by atoms with van der Waals surface area (Å²) in [5.74, 6) is -0.979. The number of carbonyl (C=O) groups is 1. The second-order valence-corrected chi connectivity index (χ2v) is 4.83. The molecule has 0 saturated carbocycles. The van der Waals surface area contributed by atoms with Crippen LogP contribution in [-0.4, -0.2) is 23.1 Å². The van der Waals surface area contributed by atoms with Gasteiger partial charge in [-0.1, -0.05) is 30.3 Å². The molecule has 1 aromatic heterocycles. The van der Waals surface area contributed by atoms with Gasteiger partial charge in [0.1, 0.15) is 5.52 Å². The van der Waals surface area contributed by atoms with Gasteiger partial charge in [0.2, 0.25) is 0 Å². The minimum atomic E-state index is -0.979. The summed E-state index contributed by atoms with van der Waals surface area (Å²) in [6.07, 6.45) is 0. The van der Waals surface area contributed by atoms with Crippen molar-refractivity contribution in [3.8, 4) is 0 Å². The number of aromatic nitrogens is 1. The first kappa shape index (κ1) is 13.2. The summed E-state index contributed by atoms with van der Waals surface area (Å²) >= 11 is 0. The van der Waals surface area contributed by atoms with E-state index in [1.165, 1.54) is 12.1 Å². The van der Waals surface area contributed by atoms with Crippen LogP contribution in [-0.2, 0) is 6.54 Å². The van der Waals surface area contributed by atoms with Crippen LogP contribution in [0.15, 0.2) is 52.9 Å². The molecule has 3 rings (SSSR count). The highest BCUT2D eigenvalue weighted by molar-refractivity contribution is 5.92. The molecule has 0 atom stereocenters. The number of benzene rings is 2. The predicted molar refractivity (Wildman–Crippen MR) is 79.5 cm³/mol. The summed E-state index contributed by atoms with van der Waals surface area (Å²) in [4.78, 5) is 17.2. The largest absolute Gasteiger partial charge is 0.478 e. The average molecular weight is 282 g/mol. The SMILES string of the molecule is CN(Cc1ccccc1)c1nc2ccc(C(=O)O)cc2o1. The zero-order chi connectivity index (χ0) is 14.8. The van der Waals surface area contributed by atoms with E-state index in [2.05, 4.69) is 4.98 Å². The molecule has 0 aliphatic heterocycles. The monoisotopic (exact) mass is 282 g/mol. The van der Waals surface area contributed by atoms with Crippen LogP contribution >= 0.6 is 0 Å². The summed E-state index contributed by atoms with van der Waals surface area (Å²) < 4.78 is 5.64. The van der Waals surface area contributed by atoms with E-state index in [0.717, 1.165) is 5.56 Å². The Morgan fingerprint density at radius 3 is 2.71 bits per heavy atom. The molecule has 0 amide bonds. The summed E-state index contributed by atoms with van der Waals surface area (Å²) in [6, 6.07) is 15.1. The minimum absolute atomic E-state index is 0.191. The van der Waals surface area contributed by atoms with Crippen molar-refractivity contribution in [3.63, 3.8) is 0 Å². The first-order chi connectivity index (χ1) is 10.1. The Morgan fingerprint density at radius 2 is 2.00 bits per heavy atom. The summed E-state index contributed by atoms with van der Waals surface area (Å²) in [5, 5.41) is 8.98. The maximum absolute atomic E-state index is 11.0. The van der Waals surface area contributed by atoms with E-state index < -0.39 is 5.97 Å². The highest BCUT2D eigenvalue weighted by atomic mass is 16.4. The zero-order valence-corrected chi connectivity index (χ0v) is 11.5. The number of carboxylic acid groups (broad SMARTS) is 1. The van der Waals surface area contributed by atoms with Crippen molar-refractivity contribution in [1.82, 2.24) is 4.98 Å². The number of rotatable bonds is 4. The smallest absolute Gasteiger partial charge is 0.335 e. The van der Waals surface area contributed by atoms with Gasteiger partial charge in [-0.25, -0.2) is 4.79 Å². The lowest BCUT2D eigenvalue weighted by Gasteiger charge is -2.13. The molecule has 0 radical (unpaired) electrons. The molecule has 3 aromatic rings. The Morgan fingerprint density at radius 1 is 1.24 bits per heavy atom. The van der Waals surface area contributed by atoms with Crippen molar-refractivity contribution in [1.29, 1.82) is 0 Å². The van der Waals surface area contributed by atoms with E-state index in [0.29, 0.717) is 23.7 Å². The summed E-state index contributed by atoms with van der Waals surface area (Å²) in [5.41, 5.74) is 2.46. The van der Waals surface area contributed by atoms with Gasteiger partial charge in [-0.2, -0.15) is 4.98 Å². The number of aromatic carboxylic acids is 1. The molecule has 1 heterocycles.